The zero-order valence-corrected chi connectivity index (χ0v) is 18.0. The molecule has 2 aliphatic rings. The number of rotatable bonds is 4. The minimum Gasteiger partial charge on any atom is -0.348 e. The van der Waals surface area contributed by atoms with Gasteiger partial charge >= 0.3 is 0 Å². The second-order valence-electron chi connectivity index (χ2n) is 8.46. The number of amides is 2. The molecule has 1 N–H and O–H groups in total. The molecule has 3 aromatic rings. The molecule has 2 aromatic carbocycles. The average molecular weight is 427 g/mol. The molecule has 6 heteroatoms. The van der Waals surface area contributed by atoms with Gasteiger partial charge in [0.15, 0.2) is 5.82 Å². The lowest BCUT2D eigenvalue weighted by molar-refractivity contribution is -0.122. The van der Waals surface area contributed by atoms with Crippen LogP contribution in [0.2, 0.25) is 0 Å². The molecule has 2 amide bonds. The average Bonchev–Trinajstić information content (AvgIpc) is 2.98. The van der Waals surface area contributed by atoms with E-state index in [1.54, 1.807) is 11.1 Å². The lowest BCUT2D eigenvalue weighted by Gasteiger charge is -2.28. The van der Waals surface area contributed by atoms with Crippen molar-refractivity contribution in [1.29, 1.82) is 0 Å². The van der Waals surface area contributed by atoms with E-state index in [4.69, 9.17) is 0 Å². The van der Waals surface area contributed by atoms with Crippen molar-refractivity contribution in [3.8, 4) is 11.4 Å². The maximum absolute atomic E-state index is 13.2. The molecule has 0 fully saturated rings. The summed E-state index contributed by atoms with van der Waals surface area (Å²) in [6.45, 7) is 0.585. The van der Waals surface area contributed by atoms with Crippen LogP contribution in [0.15, 0.2) is 60.8 Å². The van der Waals surface area contributed by atoms with Gasteiger partial charge in [0.05, 0.1) is 23.8 Å². The van der Waals surface area contributed by atoms with E-state index in [1.165, 1.54) is 11.1 Å². The molecule has 1 aliphatic heterocycles. The Morgan fingerprint density at radius 3 is 2.72 bits per heavy atom. The third-order valence-electron chi connectivity index (χ3n) is 6.30. The van der Waals surface area contributed by atoms with Crippen molar-refractivity contribution in [3.63, 3.8) is 0 Å². The molecule has 1 unspecified atom stereocenters. The molecule has 1 aliphatic carbocycles. The number of hydrogen-bond acceptors (Lipinski definition) is 4. The number of benzene rings is 2. The molecular weight excluding hydrogens is 400 g/mol. The highest BCUT2D eigenvalue weighted by atomic mass is 16.2. The maximum atomic E-state index is 13.2. The number of carbonyl (C=O) groups is 2. The lowest BCUT2D eigenvalue weighted by Crippen LogP contribution is -2.42. The summed E-state index contributed by atoms with van der Waals surface area (Å²) < 4.78 is 0. The Morgan fingerprint density at radius 1 is 1.03 bits per heavy atom. The van der Waals surface area contributed by atoms with Gasteiger partial charge in [-0.05, 0) is 43.2 Å². The molecule has 0 bridgehead atoms. The third-order valence-corrected chi connectivity index (χ3v) is 6.30. The van der Waals surface area contributed by atoms with E-state index < -0.39 is 0 Å². The second kappa shape index (κ2) is 8.91. The van der Waals surface area contributed by atoms with Crippen molar-refractivity contribution >= 4 is 11.8 Å². The molecular formula is C26H26N4O2. The summed E-state index contributed by atoms with van der Waals surface area (Å²) in [4.78, 5) is 36.8. The summed E-state index contributed by atoms with van der Waals surface area (Å²) in [7, 11) is 0. The van der Waals surface area contributed by atoms with Crippen LogP contribution in [0, 0.1) is 0 Å². The molecule has 0 spiro atoms. The topological polar surface area (TPSA) is 75.2 Å². The first-order valence-corrected chi connectivity index (χ1v) is 11.3. The van der Waals surface area contributed by atoms with Crippen molar-refractivity contribution in [2.24, 2.45) is 0 Å². The smallest absolute Gasteiger partial charge is 0.257 e. The first kappa shape index (κ1) is 20.4. The van der Waals surface area contributed by atoms with Gasteiger partial charge in [0.2, 0.25) is 5.91 Å². The molecule has 1 atom stereocenters. The van der Waals surface area contributed by atoms with E-state index in [9.17, 15) is 9.59 Å². The van der Waals surface area contributed by atoms with Gasteiger partial charge in [0.1, 0.15) is 0 Å². The van der Waals surface area contributed by atoms with Gasteiger partial charge in [-0.25, -0.2) is 9.97 Å². The molecule has 6 nitrogen and oxygen atoms in total. The summed E-state index contributed by atoms with van der Waals surface area (Å²) in [5.74, 6) is 0.334. The Balaban J connectivity index is 1.30. The van der Waals surface area contributed by atoms with Gasteiger partial charge in [-0.2, -0.15) is 0 Å². The van der Waals surface area contributed by atoms with Crippen LogP contribution >= 0.6 is 0 Å². The highest BCUT2D eigenvalue weighted by Crippen LogP contribution is 2.29. The monoisotopic (exact) mass is 426 g/mol. The van der Waals surface area contributed by atoms with E-state index in [1.807, 2.05) is 42.5 Å². The molecule has 162 valence electrons. The maximum Gasteiger partial charge on any atom is 0.257 e. The number of nitrogens with zero attached hydrogens (tertiary/aromatic N) is 3. The van der Waals surface area contributed by atoms with E-state index in [2.05, 4.69) is 27.4 Å². The summed E-state index contributed by atoms with van der Waals surface area (Å²) in [6.07, 6.45) is 6.10. The number of nitrogens with one attached hydrogen (secondary N) is 1. The number of hydrogen-bond donors (Lipinski definition) is 1. The SMILES string of the molecule is O=C(CN1CCCc2nc(-c3ccccc3)ncc2C1=O)NC1CCCc2ccccc21. The van der Waals surface area contributed by atoms with E-state index in [0.29, 0.717) is 24.4 Å². The van der Waals surface area contributed by atoms with Gasteiger partial charge in [-0.3, -0.25) is 9.59 Å². The third kappa shape index (κ3) is 4.13. The standard InChI is InChI=1S/C26H26N4O2/c31-24(28-22-13-6-11-18-8-4-5-12-20(18)22)17-30-15-7-14-23-21(26(30)32)16-27-25(29-23)19-9-2-1-3-10-19/h1-5,8-10,12,16,22H,6-7,11,13-15,17H2,(H,28,31). The Kier molecular flexibility index (Phi) is 5.67. The Bertz CT molecular complexity index is 1150. The first-order chi connectivity index (χ1) is 15.7. The number of fused-ring (bicyclic) bond motifs is 2. The number of carbonyl (C=O) groups excluding carboxylic acids is 2. The molecule has 0 radical (unpaired) electrons. The van der Waals surface area contributed by atoms with Crippen molar-refractivity contribution < 1.29 is 9.59 Å². The normalized spacial score (nSPS) is 17.8. The minimum absolute atomic E-state index is 0.0126. The predicted molar refractivity (Wildman–Crippen MR) is 122 cm³/mol. The van der Waals surface area contributed by atoms with Crippen LogP contribution in [0.4, 0.5) is 0 Å². The molecule has 5 rings (SSSR count). The fourth-order valence-corrected chi connectivity index (χ4v) is 4.69. The Morgan fingerprint density at radius 2 is 1.84 bits per heavy atom. The van der Waals surface area contributed by atoms with Gasteiger partial charge < -0.3 is 10.2 Å². The fourth-order valence-electron chi connectivity index (χ4n) is 4.69. The summed E-state index contributed by atoms with van der Waals surface area (Å²) in [6, 6.07) is 18.1. The Labute approximate surface area is 187 Å². The van der Waals surface area contributed by atoms with E-state index in [0.717, 1.165) is 36.9 Å². The highest BCUT2D eigenvalue weighted by Gasteiger charge is 2.27. The molecule has 0 saturated heterocycles. The largest absolute Gasteiger partial charge is 0.348 e. The number of aromatic nitrogens is 2. The Hall–Kier alpha value is -3.54. The summed E-state index contributed by atoms with van der Waals surface area (Å²) in [5, 5.41) is 3.15. The van der Waals surface area contributed by atoms with Crippen molar-refractivity contribution in [3.05, 3.63) is 83.2 Å². The van der Waals surface area contributed by atoms with Gasteiger partial charge in [-0.15, -0.1) is 0 Å². The molecule has 0 saturated carbocycles. The first-order valence-electron chi connectivity index (χ1n) is 11.3. The quantitative estimate of drug-likeness (QED) is 0.690. The number of aryl methyl sites for hydroxylation is 2. The van der Waals surface area contributed by atoms with Crippen LogP contribution in [0.3, 0.4) is 0 Å². The van der Waals surface area contributed by atoms with Crippen LogP contribution in [-0.4, -0.2) is 39.8 Å². The van der Waals surface area contributed by atoms with Crippen molar-refractivity contribution in [2.45, 2.75) is 38.1 Å². The van der Waals surface area contributed by atoms with Crippen molar-refractivity contribution in [1.82, 2.24) is 20.2 Å². The summed E-state index contributed by atoms with van der Waals surface area (Å²) >= 11 is 0. The minimum atomic E-state index is -0.170. The van der Waals surface area contributed by atoms with Crippen LogP contribution in [0.1, 0.15) is 52.5 Å². The highest BCUT2D eigenvalue weighted by molar-refractivity contribution is 5.97. The molecule has 2 heterocycles. The van der Waals surface area contributed by atoms with Crippen molar-refractivity contribution in [2.75, 3.05) is 13.1 Å². The van der Waals surface area contributed by atoms with Crippen LogP contribution in [-0.2, 0) is 17.6 Å². The summed E-state index contributed by atoms with van der Waals surface area (Å²) in [5.41, 5.74) is 4.68. The van der Waals surface area contributed by atoms with Crippen LogP contribution in [0.25, 0.3) is 11.4 Å². The van der Waals surface area contributed by atoms with Gasteiger partial charge in [-0.1, -0.05) is 54.6 Å². The molecule has 32 heavy (non-hydrogen) atoms. The lowest BCUT2D eigenvalue weighted by atomic mass is 9.88. The van der Waals surface area contributed by atoms with Gasteiger partial charge in [0.25, 0.3) is 5.91 Å². The second-order valence-corrected chi connectivity index (χ2v) is 8.46. The van der Waals surface area contributed by atoms with E-state index >= 15 is 0 Å². The fraction of sp³-hybridized carbons (Fsp3) is 0.308. The predicted octanol–water partition coefficient (Wildman–Crippen LogP) is 3.73. The molecule has 1 aromatic heterocycles. The van der Waals surface area contributed by atoms with Crippen LogP contribution in [0.5, 0.6) is 0 Å². The zero-order chi connectivity index (χ0) is 21.9. The van der Waals surface area contributed by atoms with Gasteiger partial charge in [0, 0.05) is 18.3 Å². The zero-order valence-electron chi connectivity index (χ0n) is 18.0. The van der Waals surface area contributed by atoms with Crippen LogP contribution < -0.4 is 5.32 Å². The van der Waals surface area contributed by atoms with E-state index in [-0.39, 0.29) is 24.4 Å².